The Morgan fingerprint density at radius 2 is 1.86 bits per heavy atom. The van der Waals surface area contributed by atoms with E-state index in [1.807, 2.05) is 18.2 Å². The fourth-order valence-electron chi connectivity index (χ4n) is 3.00. The number of hydrogen-bond acceptors (Lipinski definition) is 5. The minimum Gasteiger partial charge on any atom is -0.508 e. The highest BCUT2D eigenvalue weighted by atomic mass is 16.7. The summed E-state index contributed by atoms with van der Waals surface area (Å²) in [5.41, 5.74) is 2.12. The molecule has 1 atom stereocenters. The Bertz CT molecular complexity index is 725. The molecule has 2 aromatic rings. The van der Waals surface area contributed by atoms with Gasteiger partial charge in [-0.15, -0.1) is 0 Å². The van der Waals surface area contributed by atoms with Crippen molar-refractivity contribution in [3.05, 3.63) is 41.5 Å². The van der Waals surface area contributed by atoms with Crippen LogP contribution in [0.4, 0.5) is 0 Å². The summed E-state index contributed by atoms with van der Waals surface area (Å²) in [5, 5.41) is 9.53. The smallest absolute Gasteiger partial charge is 0.231 e. The summed E-state index contributed by atoms with van der Waals surface area (Å²) in [5.74, 6) is 3.37. The molecular formula is C17H16O5. The van der Waals surface area contributed by atoms with Crippen LogP contribution >= 0.6 is 0 Å². The van der Waals surface area contributed by atoms with E-state index in [0.29, 0.717) is 12.4 Å². The lowest BCUT2D eigenvalue weighted by molar-refractivity contribution is 0.173. The van der Waals surface area contributed by atoms with Gasteiger partial charge in [-0.25, -0.2) is 0 Å². The lowest BCUT2D eigenvalue weighted by atomic mass is 9.89. The quantitative estimate of drug-likeness (QED) is 0.924. The molecule has 0 fully saturated rings. The summed E-state index contributed by atoms with van der Waals surface area (Å²) < 4.78 is 22.2. The molecule has 0 aromatic heterocycles. The van der Waals surface area contributed by atoms with E-state index in [1.54, 1.807) is 19.2 Å². The Labute approximate surface area is 128 Å². The van der Waals surface area contributed by atoms with Gasteiger partial charge in [0.15, 0.2) is 11.5 Å². The van der Waals surface area contributed by atoms with Gasteiger partial charge in [-0.05, 0) is 24.1 Å². The van der Waals surface area contributed by atoms with Gasteiger partial charge in [0.1, 0.15) is 17.2 Å². The maximum Gasteiger partial charge on any atom is 0.231 e. The van der Waals surface area contributed by atoms with Gasteiger partial charge in [-0.2, -0.15) is 0 Å². The van der Waals surface area contributed by atoms with Crippen LogP contribution in [0.1, 0.15) is 17.0 Å². The van der Waals surface area contributed by atoms with Crippen LogP contribution < -0.4 is 18.9 Å². The molecule has 0 unspecified atom stereocenters. The predicted molar refractivity (Wildman–Crippen MR) is 79.2 cm³/mol. The first-order valence-electron chi connectivity index (χ1n) is 7.17. The molecule has 0 spiro atoms. The van der Waals surface area contributed by atoms with E-state index >= 15 is 0 Å². The van der Waals surface area contributed by atoms with Crippen molar-refractivity contribution in [2.24, 2.45) is 0 Å². The monoisotopic (exact) mass is 300 g/mol. The molecule has 5 nitrogen and oxygen atoms in total. The number of methoxy groups -OCH3 is 1. The average Bonchev–Trinajstić information content (AvgIpc) is 3.00. The zero-order valence-electron chi connectivity index (χ0n) is 12.2. The number of rotatable bonds is 2. The van der Waals surface area contributed by atoms with Gasteiger partial charge in [0.2, 0.25) is 6.79 Å². The number of hydrogen-bond donors (Lipinski definition) is 1. The maximum absolute atomic E-state index is 9.53. The minimum absolute atomic E-state index is 0.168. The van der Waals surface area contributed by atoms with Crippen molar-refractivity contribution in [1.82, 2.24) is 0 Å². The van der Waals surface area contributed by atoms with Gasteiger partial charge < -0.3 is 24.1 Å². The van der Waals surface area contributed by atoms with Gasteiger partial charge in [0, 0.05) is 23.6 Å². The van der Waals surface area contributed by atoms with Crippen LogP contribution in [0.2, 0.25) is 0 Å². The molecule has 114 valence electrons. The molecule has 0 aliphatic carbocycles. The van der Waals surface area contributed by atoms with Crippen molar-refractivity contribution < 1.29 is 24.1 Å². The molecule has 2 aromatic carbocycles. The van der Waals surface area contributed by atoms with Crippen LogP contribution in [0.15, 0.2) is 30.3 Å². The number of ether oxygens (including phenoxy) is 4. The van der Waals surface area contributed by atoms with Crippen LogP contribution in [0, 0.1) is 0 Å². The van der Waals surface area contributed by atoms with Crippen molar-refractivity contribution in [1.29, 1.82) is 0 Å². The second-order valence-electron chi connectivity index (χ2n) is 5.45. The maximum atomic E-state index is 9.53. The number of aromatic hydroxyl groups is 1. The molecule has 0 radical (unpaired) electrons. The first-order valence-corrected chi connectivity index (χ1v) is 7.17. The van der Waals surface area contributed by atoms with Crippen molar-refractivity contribution in [2.75, 3.05) is 20.5 Å². The molecule has 4 rings (SSSR count). The zero-order valence-corrected chi connectivity index (χ0v) is 12.2. The molecule has 0 bridgehead atoms. The first-order chi connectivity index (χ1) is 10.7. The summed E-state index contributed by atoms with van der Waals surface area (Å²) in [6.07, 6.45) is 0.825. The second-order valence-corrected chi connectivity index (χ2v) is 5.45. The summed E-state index contributed by atoms with van der Waals surface area (Å²) in [4.78, 5) is 0. The van der Waals surface area contributed by atoms with E-state index in [1.165, 1.54) is 0 Å². The van der Waals surface area contributed by atoms with E-state index < -0.39 is 0 Å². The van der Waals surface area contributed by atoms with Gasteiger partial charge in [0.25, 0.3) is 0 Å². The number of phenols is 1. The second kappa shape index (κ2) is 5.02. The van der Waals surface area contributed by atoms with Crippen LogP contribution in [0.5, 0.6) is 28.7 Å². The highest BCUT2D eigenvalue weighted by molar-refractivity contribution is 5.54. The van der Waals surface area contributed by atoms with E-state index in [-0.39, 0.29) is 18.5 Å². The van der Waals surface area contributed by atoms with E-state index in [4.69, 9.17) is 18.9 Å². The van der Waals surface area contributed by atoms with E-state index in [9.17, 15) is 5.11 Å². The van der Waals surface area contributed by atoms with Crippen LogP contribution in [0.3, 0.4) is 0 Å². The third-order valence-corrected chi connectivity index (χ3v) is 4.12. The molecule has 5 heteroatoms. The number of phenolic OH excluding ortho intramolecular Hbond substituents is 1. The standard InChI is InChI=1S/C17H16O5/c1-19-15-7-17-16(21-9-22-17)6-13(15)11-4-10-2-3-12(18)5-14(10)20-8-11/h2-3,5-7,11,18H,4,8-9H2,1H3/t11-/m1/s1. The molecule has 2 aliphatic heterocycles. The molecule has 2 heterocycles. The Morgan fingerprint density at radius 1 is 1.05 bits per heavy atom. The molecule has 1 N–H and O–H groups in total. The van der Waals surface area contributed by atoms with Crippen LogP contribution in [0.25, 0.3) is 0 Å². The molecule has 0 saturated carbocycles. The summed E-state index contributed by atoms with van der Waals surface area (Å²) in [7, 11) is 1.65. The van der Waals surface area contributed by atoms with Gasteiger partial charge in [0.05, 0.1) is 13.7 Å². The van der Waals surface area contributed by atoms with Gasteiger partial charge in [-0.3, -0.25) is 0 Å². The third-order valence-electron chi connectivity index (χ3n) is 4.12. The largest absolute Gasteiger partial charge is 0.508 e. The van der Waals surface area contributed by atoms with Gasteiger partial charge >= 0.3 is 0 Å². The van der Waals surface area contributed by atoms with Crippen molar-refractivity contribution >= 4 is 0 Å². The average molecular weight is 300 g/mol. The van der Waals surface area contributed by atoms with Crippen molar-refractivity contribution in [2.45, 2.75) is 12.3 Å². The van der Waals surface area contributed by atoms with Crippen LogP contribution in [-0.4, -0.2) is 25.6 Å². The third kappa shape index (κ3) is 2.09. The first kappa shape index (κ1) is 13.1. The van der Waals surface area contributed by atoms with Crippen LogP contribution in [-0.2, 0) is 6.42 Å². The fraction of sp³-hybridized carbons (Fsp3) is 0.294. The molecule has 2 aliphatic rings. The highest BCUT2D eigenvalue weighted by Crippen LogP contribution is 2.43. The van der Waals surface area contributed by atoms with E-state index in [0.717, 1.165) is 34.8 Å². The Kier molecular flexibility index (Phi) is 2.99. The number of benzene rings is 2. The lowest BCUT2D eigenvalue weighted by Crippen LogP contribution is -2.19. The van der Waals surface area contributed by atoms with Crippen molar-refractivity contribution in [3.63, 3.8) is 0 Å². The fourth-order valence-corrected chi connectivity index (χ4v) is 3.00. The summed E-state index contributed by atoms with van der Waals surface area (Å²) in [6.45, 7) is 0.775. The molecule has 0 amide bonds. The summed E-state index contributed by atoms with van der Waals surface area (Å²) in [6, 6.07) is 9.07. The molecule has 22 heavy (non-hydrogen) atoms. The molecule has 0 saturated heterocycles. The summed E-state index contributed by atoms with van der Waals surface area (Å²) >= 11 is 0. The predicted octanol–water partition coefficient (Wildman–Crippen LogP) is 2.85. The zero-order chi connectivity index (χ0) is 15.1. The lowest BCUT2D eigenvalue weighted by Gasteiger charge is -2.27. The highest BCUT2D eigenvalue weighted by Gasteiger charge is 2.27. The number of fused-ring (bicyclic) bond motifs is 2. The SMILES string of the molecule is COc1cc2c(cc1[C@H]1COc3cc(O)ccc3C1)OCO2. The minimum atomic E-state index is 0.168. The topological polar surface area (TPSA) is 57.2 Å². The normalized spacial score (nSPS) is 18.5. The molecular weight excluding hydrogens is 284 g/mol. The Balaban J connectivity index is 1.70. The van der Waals surface area contributed by atoms with Gasteiger partial charge in [-0.1, -0.05) is 6.07 Å². The Morgan fingerprint density at radius 3 is 2.68 bits per heavy atom. The Hall–Kier alpha value is -2.56. The van der Waals surface area contributed by atoms with E-state index in [2.05, 4.69) is 0 Å². The van der Waals surface area contributed by atoms with Crippen molar-refractivity contribution in [3.8, 4) is 28.7 Å².